The van der Waals surface area contributed by atoms with Crippen molar-refractivity contribution >= 4 is 55.6 Å². The van der Waals surface area contributed by atoms with Crippen LogP contribution in [0, 0.1) is 6.92 Å². The molecular formula is C24H24N4O4S2. The fourth-order valence-electron chi connectivity index (χ4n) is 3.62. The Kier molecular flexibility index (Phi) is 6.90. The third-order valence-electron chi connectivity index (χ3n) is 5.36. The van der Waals surface area contributed by atoms with Crippen LogP contribution in [0.15, 0.2) is 40.8 Å². The van der Waals surface area contributed by atoms with Crippen molar-refractivity contribution in [1.29, 1.82) is 0 Å². The van der Waals surface area contributed by atoms with Crippen LogP contribution in [-0.2, 0) is 22.5 Å². The van der Waals surface area contributed by atoms with Crippen LogP contribution in [0.4, 0.5) is 10.8 Å². The first-order chi connectivity index (χ1) is 16.3. The normalized spacial score (nSPS) is 11.1. The maximum absolute atomic E-state index is 13.2. The topological polar surface area (TPSA) is 94.4 Å². The Bertz CT molecular complexity index is 1420. The lowest BCUT2D eigenvalue weighted by atomic mass is 10.1. The predicted octanol–water partition coefficient (Wildman–Crippen LogP) is 4.69. The lowest BCUT2D eigenvalue weighted by Crippen LogP contribution is -2.23. The SMILES string of the molecule is CCOC(=O)c1sc2ncn(Cc3csc(N(C(C)=O)c4ccc(CC)cc4)n3)c(=O)c2c1C. The van der Waals surface area contributed by atoms with E-state index in [9.17, 15) is 14.4 Å². The molecule has 0 radical (unpaired) electrons. The second-order valence-corrected chi connectivity index (χ2v) is 9.47. The van der Waals surface area contributed by atoms with E-state index < -0.39 is 5.97 Å². The zero-order valence-corrected chi connectivity index (χ0v) is 21.0. The molecule has 1 aromatic carbocycles. The summed E-state index contributed by atoms with van der Waals surface area (Å²) < 4.78 is 6.55. The summed E-state index contributed by atoms with van der Waals surface area (Å²) in [6.07, 6.45) is 2.38. The molecule has 3 heterocycles. The van der Waals surface area contributed by atoms with Gasteiger partial charge in [-0.15, -0.1) is 22.7 Å². The minimum Gasteiger partial charge on any atom is -0.462 e. The third-order valence-corrected chi connectivity index (χ3v) is 7.41. The molecule has 0 aliphatic rings. The van der Waals surface area contributed by atoms with E-state index in [1.54, 1.807) is 18.7 Å². The zero-order chi connectivity index (χ0) is 24.4. The van der Waals surface area contributed by atoms with Gasteiger partial charge in [0, 0.05) is 12.3 Å². The number of carbonyl (C=O) groups is 2. The van der Waals surface area contributed by atoms with Gasteiger partial charge in [-0.05, 0) is 43.5 Å². The summed E-state index contributed by atoms with van der Waals surface area (Å²) in [6, 6.07) is 7.80. The van der Waals surface area contributed by atoms with Gasteiger partial charge in [0.2, 0.25) is 5.91 Å². The number of anilines is 2. The number of benzene rings is 1. The van der Waals surface area contributed by atoms with Gasteiger partial charge in [0.15, 0.2) is 5.13 Å². The Hall–Kier alpha value is -3.37. The third kappa shape index (κ3) is 4.51. The molecule has 0 bridgehead atoms. The van der Waals surface area contributed by atoms with Gasteiger partial charge in [0.1, 0.15) is 9.71 Å². The van der Waals surface area contributed by atoms with Crippen LogP contribution in [0.5, 0.6) is 0 Å². The number of amides is 1. The number of ether oxygens (including phenoxy) is 1. The smallest absolute Gasteiger partial charge is 0.348 e. The first kappa shape index (κ1) is 23.8. The summed E-state index contributed by atoms with van der Waals surface area (Å²) >= 11 is 2.49. The number of carbonyl (C=O) groups excluding carboxylic acids is 2. The van der Waals surface area contributed by atoms with Gasteiger partial charge in [-0.2, -0.15) is 0 Å². The zero-order valence-electron chi connectivity index (χ0n) is 19.3. The average molecular weight is 497 g/mol. The van der Waals surface area contributed by atoms with Gasteiger partial charge < -0.3 is 4.74 Å². The standard InChI is InChI=1S/C24H24N4O4S2/c1-5-16-7-9-18(10-8-16)28(15(4)29)24-26-17(12-33-24)11-27-13-25-21-19(22(27)30)14(3)20(34-21)23(31)32-6-2/h7-10,12-13H,5-6,11H2,1-4H3. The van der Waals surface area contributed by atoms with Crippen LogP contribution in [-0.4, -0.2) is 33.0 Å². The first-order valence-electron chi connectivity index (χ1n) is 10.8. The first-order valence-corrected chi connectivity index (χ1v) is 12.5. The van der Waals surface area contributed by atoms with Crippen molar-refractivity contribution in [3.63, 3.8) is 0 Å². The highest BCUT2D eigenvalue weighted by atomic mass is 32.1. The van der Waals surface area contributed by atoms with Gasteiger partial charge >= 0.3 is 5.97 Å². The summed E-state index contributed by atoms with van der Waals surface area (Å²) in [7, 11) is 0. The van der Waals surface area contributed by atoms with E-state index >= 15 is 0 Å². The number of thiophene rings is 1. The minimum absolute atomic E-state index is 0.147. The molecule has 34 heavy (non-hydrogen) atoms. The van der Waals surface area contributed by atoms with Crippen LogP contribution in [0.2, 0.25) is 0 Å². The van der Waals surface area contributed by atoms with Gasteiger partial charge in [-0.1, -0.05) is 19.1 Å². The number of hydrogen-bond donors (Lipinski definition) is 0. The quantitative estimate of drug-likeness (QED) is 0.345. The number of nitrogens with zero attached hydrogens (tertiary/aromatic N) is 4. The summed E-state index contributed by atoms with van der Waals surface area (Å²) in [5.41, 5.74) is 2.89. The summed E-state index contributed by atoms with van der Waals surface area (Å²) in [6.45, 7) is 7.50. The van der Waals surface area contributed by atoms with Crippen molar-refractivity contribution in [1.82, 2.24) is 14.5 Å². The summed E-state index contributed by atoms with van der Waals surface area (Å²) in [4.78, 5) is 49.2. The number of aryl methyl sites for hydroxylation is 2. The molecule has 176 valence electrons. The van der Waals surface area contributed by atoms with Crippen molar-refractivity contribution in [3.8, 4) is 0 Å². The largest absolute Gasteiger partial charge is 0.462 e. The molecule has 0 spiro atoms. The van der Waals surface area contributed by atoms with Gasteiger partial charge in [-0.25, -0.2) is 14.8 Å². The molecule has 0 atom stereocenters. The molecule has 0 fully saturated rings. The van der Waals surface area contributed by atoms with Crippen LogP contribution in [0.1, 0.15) is 47.3 Å². The van der Waals surface area contributed by atoms with Crippen molar-refractivity contribution in [2.45, 2.75) is 40.7 Å². The fourth-order valence-corrected chi connectivity index (χ4v) is 5.53. The molecule has 1 amide bonds. The summed E-state index contributed by atoms with van der Waals surface area (Å²) in [5.74, 6) is -0.597. The Morgan fingerprint density at radius 2 is 1.91 bits per heavy atom. The molecular weight excluding hydrogens is 472 g/mol. The number of esters is 1. The monoisotopic (exact) mass is 496 g/mol. The second-order valence-electron chi connectivity index (χ2n) is 7.63. The highest BCUT2D eigenvalue weighted by Crippen LogP contribution is 2.30. The van der Waals surface area contributed by atoms with Crippen LogP contribution < -0.4 is 10.5 Å². The van der Waals surface area contributed by atoms with E-state index in [0.29, 0.717) is 31.5 Å². The van der Waals surface area contributed by atoms with E-state index in [1.165, 1.54) is 34.7 Å². The fraction of sp³-hybridized carbons (Fsp3) is 0.292. The molecule has 0 N–H and O–H groups in total. The summed E-state index contributed by atoms with van der Waals surface area (Å²) in [5, 5.41) is 2.77. The number of thiazole rings is 1. The number of hydrogen-bond acceptors (Lipinski definition) is 8. The lowest BCUT2D eigenvalue weighted by molar-refractivity contribution is -0.115. The number of rotatable bonds is 7. The van der Waals surface area contributed by atoms with Crippen LogP contribution >= 0.6 is 22.7 Å². The average Bonchev–Trinajstić information content (AvgIpc) is 3.41. The molecule has 4 aromatic rings. The van der Waals surface area contributed by atoms with E-state index in [4.69, 9.17) is 4.74 Å². The van der Waals surface area contributed by atoms with E-state index in [1.807, 2.05) is 29.6 Å². The maximum Gasteiger partial charge on any atom is 0.348 e. The number of fused-ring (bicyclic) bond motifs is 1. The highest BCUT2D eigenvalue weighted by molar-refractivity contribution is 7.20. The second kappa shape index (κ2) is 9.86. The molecule has 3 aromatic heterocycles. The van der Waals surface area contributed by atoms with Gasteiger partial charge in [0.05, 0.1) is 36.2 Å². The Balaban J connectivity index is 1.64. The molecule has 10 heteroatoms. The van der Waals surface area contributed by atoms with E-state index in [-0.39, 0.29) is 24.6 Å². The Morgan fingerprint density at radius 1 is 1.18 bits per heavy atom. The van der Waals surface area contributed by atoms with Crippen LogP contribution in [0.25, 0.3) is 10.2 Å². The molecule has 0 unspecified atom stereocenters. The number of aromatic nitrogens is 3. The highest BCUT2D eigenvalue weighted by Gasteiger charge is 2.21. The van der Waals surface area contributed by atoms with Crippen molar-refractivity contribution < 1.29 is 14.3 Å². The molecule has 0 aliphatic carbocycles. The van der Waals surface area contributed by atoms with Crippen molar-refractivity contribution in [2.75, 3.05) is 11.5 Å². The molecule has 0 saturated carbocycles. The van der Waals surface area contributed by atoms with E-state index in [0.717, 1.165) is 23.4 Å². The van der Waals surface area contributed by atoms with Crippen molar-refractivity contribution in [3.05, 3.63) is 68.0 Å². The van der Waals surface area contributed by atoms with E-state index in [2.05, 4.69) is 16.9 Å². The lowest BCUT2D eigenvalue weighted by Gasteiger charge is -2.18. The molecule has 4 rings (SSSR count). The maximum atomic E-state index is 13.2. The predicted molar refractivity (Wildman–Crippen MR) is 134 cm³/mol. The molecule has 8 nitrogen and oxygen atoms in total. The van der Waals surface area contributed by atoms with Crippen LogP contribution in [0.3, 0.4) is 0 Å². The van der Waals surface area contributed by atoms with Gasteiger partial charge in [0.25, 0.3) is 5.56 Å². The molecule has 0 saturated heterocycles. The Labute approximate surface area is 204 Å². The minimum atomic E-state index is -0.450. The Morgan fingerprint density at radius 3 is 2.56 bits per heavy atom. The molecule has 0 aliphatic heterocycles. The van der Waals surface area contributed by atoms with Crippen molar-refractivity contribution in [2.24, 2.45) is 0 Å². The van der Waals surface area contributed by atoms with Gasteiger partial charge in [-0.3, -0.25) is 19.1 Å².